The molecule has 4 bridgehead atoms. The number of hydrogen-bond acceptors (Lipinski definition) is 7. The maximum atomic E-state index is 12.2. The van der Waals surface area contributed by atoms with Crippen molar-refractivity contribution in [1.29, 1.82) is 0 Å². The monoisotopic (exact) mass is 354 g/mol. The predicted molar refractivity (Wildman–Crippen MR) is 94.9 cm³/mol. The van der Waals surface area contributed by atoms with Crippen LogP contribution in [0, 0.1) is 0 Å². The van der Waals surface area contributed by atoms with Gasteiger partial charge in [0.1, 0.15) is 24.6 Å². The summed E-state index contributed by atoms with van der Waals surface area (Å²) in [5.74, 6) is 0.343. The number of benzene rings is 1. The van der Waals surface area contributed by atoms with Crippen LogP contribution in [0.25, 0.3) is 21.8 Å². The van der Waals surface area contributed by atoms with Gasteiger partial charge in [0, 0.05) is 22.3 Å². The molecule has 1 aromatic carbocycles. The van der Waals surface area contributed by atoms with Gasteiger partial charge in [-0.3, -0.25) is 0 Å². The van der Waals surface area contributed by atoms with E-state index in [2.05, 4.69) is 9.97 Å². The number of carbonyl (C=O) groups is 2. The molecule has 126 valence electrons. The first-order chi connectivity index (χ1) is 12.2. The standard InChI is InChI=1S/C18H14N2O4S/c21-17-13-5-3-11-1-2-12-4-6-14(20-16(12)15(11)19-13)18(22)24-8-10-25-9-7-23-17/h1-6H,7-10H2. The van der Waals surface area contributed by atoms with Gasteiger partial charge in [-0.05, 0) is 12.1 Å². The summed E-state index contributed by atoms with van der Waals surface area (Å²) in [6.45, 7) is 0.570. The fourth-order valence-corrected chi connectivity index (χ4v) is 3.24. The second-order valence-electron chi connectivity index (χ2n) is 5.49. The fourth-order valence-electron chi connectivity index (χ4n) is 2.63. The Balaban J connectivity index is 1.91. The molecule has 0 spiro atoms. The van der Waals surface area contributed by atoms with Gasteiger partial charge >= 0.3 is 11.9 Å². The normalized spacial score (nSPS) is 16.0. The SMILES string of the molecule is O=C1OCCSCCOC(=O)c2ccc3ccc4ccc1nc4c3n2. The van der Waals surface area contributed by atoms with Crippen LogP contribution in [0.2, 0.25) is 0 Å². The molecule has 0 amide bonds. The van der Waals surface area contributed by atoms with Crippen LogP contribution in [0.1, 0.15) is 21.0 Å². The molecule has 0 radical (unpaired) electrons. The molecule has 0 aliphatic carbocycles. The molecule has 1 aliphatic rings. The summed E-state index contributed by atoms with van der Waals surface area (Å²) in [4.78, 5) is 33.2. The first-order valence-electron chi connectivity index (χ1n) is 7.85. The van der Waals surface area contributed by atoms with E-state index >= 15 is 0 Å². The van der Waals surface area contributed by atoms with Crippen molar-refractivity contribution in [2.45, 2.75) is 0 Å². The summed E-state index contributed by atoms with van der Waals surface area (Å²) >= 11 is 1.55. The maximum Gasteiger partial charge on any atom is 0.356 e. The molecule has 0 fully saturated rings. The number of hydrogen-bond donors (Lipinski definition) is 0. The largest absolute Gasteiger partial charge is 0.460 e. The van der Waals surface area contributed by atoms with E-state index in [-0.39, 0.29) is 24.6 Å². The zero-order valence-corrected chi connectivity index (χ0v) is 14.0. The van der Waals surface area contributed by atoms with E-state index in [1.807, 2.05) is 12.1 Å². The van der Waals surface area contributed by atoms with Crippen molar-refractivity contribution in [3.63, 3.8) is 0 Å². The zero-order valence-electron chi connectivity index (χ0n) is 13.2. The molecular weight excluding hydrogens is 340 g/mol. The van der Waals surface area contributed by atoms with Gasteiger partial charge in [0.25, 0.3) is 0 Å². The predicted octanol–water partition coefficient (Wildman–Crippen LogP) is 2.84. The third-order valence-electron chi connectivity index (χ3n) is 3.86. The van der Waals surface area contributed by atoms with Gasteiger partial charge in [-0.25, -0.2) is 19.6 Å². The highest BCUT2D eigenvalue weighted by atomic mass is 32.2. The number of aromatic nitrogens is 2. The summed E-state index contributed by atoms with van der Waals surface area (Å²) in [6, 6.07) is 10.7. The Kier molecular flexibility index (Phi) is 4.23. The average Bonchev–Trinajstić information content (AvgIpc) is 2.65. The van der Waals surface area contributed by atoms with Gasteiger partial charge in [0.2, 0.25) is 0 Å². The number of ether oxygens (including phenoxy) is 2. The quantitative estimate of drug-likeness (QED) is 0.454. The third kappa shape index (κ3) is 3.15. The summed E-state index contributed by atoms with van der Waals surface area (Å²) in [7, 11) is 0. The molecule has 25 heavy (non-hydrogen) atoms. The molecule has 3 aromatic rings. The van der Waals surface area contributed by atoms with E-state index in [1.54, 1.807) is 36.0 Å². The highest BCUT2D eigenvalue weighted by Gasteiger charge is 2.15. The Morgan fingerprint density at radius 2 is 1.16 bits per heavy atom. The maximum absolute atomic E-state index is 12.2. The number of rotatable bonds is 0. The van der Waals surface area contributed by atoms with Crippen LogP contribution < -0.4 is 0 Å². The van der Waals surface area contributed by atoms with Gasteiger partial charge in [-0.15, -0.1) is 0 Å². The summed E-state index contributed by atoms with van der Waals surface area (Å²) in [5.41, 5.74) is 1.58. The molecule has 2 aromatic heterocycles. The minimum atomic E-state index is -0.460. The molecular formula is C18H14N2O4S. The van der Waals surface area contributed by atoms with Gasteiger partial charge in [0.05, 0.1) is 11.0 Å². The number of esters is 2. The van der Waals surface area contributed by atoms with Crippen LogP contribution >= 0.6 is 11.8 Å². The molecule has 1 aliphatic heterocycles. The van der Waals surface area contributed by atoms with Crippen LogP contribution in [0.3, 0.4) is 0 Å². The van der Waals surface area contributed by atoms with Gasteiger partial charge in [-0.2, -0.15) is 11.8 Å². The lowest BCUT2D eigenvalue weighted by Gasteiger charge is -2.07. The van der Waals surface area contributed by atoms with E-state index in [0.29, 0.717) is 22.5 Å². The highest BCUT2D eigenvalue weighted by molar-refractivity contribution is 7.99. The van der Waals surface area contributed by atoms with Crippen molar-refractivity contribution in [2.75, 3.05) is 24.7 Å². The van der Waals surface area contributed by atoms with Crippen molar-refractivity contribution >= 4 is 45.5 Å². The third-order valence-corrected chi connectivity index (χ3v) is 4.77. The van der Waals surface area contributed by atoms with Crippen molar-refractivity contribution in [3.8, 4) is 0 Å². The van der Waals surface area contributed by atoms with E-state index in [9.17, 15) is 9.59 Å². The minimum Gasteiger partial charge on any atom is -0.460 e. The first-order valence-corrected chi connectivity index (χ1v) is 9.00. The van der Waals surface area contributed by atoms with Crippen LogP contribution in [0.5, 0.6) is 0 Å². The zero-order chi connectivity index (χ0) is 17.2. The summed E-state index contributed by atoms with van der Waals surface area (Å²) in [6.07, 6.45) is 0. The number of fused-ring (bicyclic) bond motifs is 2. The van der Waals surface area contributed by atoms with Crippen molar-refractivity contribution in [1.82, 2.24) is 9.97 Å². The lowest BCUT2D eigenvalue weighted by Crippen LogP contribution is -2.11. The molecule has 0 unspecified atom stereocenters. The number of pyridine rings is 2. The molecule has 4 rings (SSSR count). The van der Waals surface area contributed by atoms with E-state index in [1.165, 1.54) is 0 Å². The van der Waals surface area contributed by atoms with E-state index in [0.717, 1.165) is 10.8 Å². The molecule has 0 saturated heterocycles. The Bertz CT molecular complexity index is 911. The average molecular weight is 354 g/mol. The minimum absolute atomic E-state index is 0.231. The second kappa shape index (κ2) is 6.68. The summed E-state index contributed by atoms with van der Waals surface area (Å²) < 4.78 is 10.5. The van der Waals surface area contributed by atoms with Crippen molar-refractivity contribution < 1.29 is 19.1 Å². The molecule has 3 heterocycles. The van der Waals surface area contributed by atoms with E-state index in [4.69, 9.17) is 9.47 Å². The van der Waals surface area contributed by atoms with Crippen molar-refractivity contribution in [2.24, 2.45) is 0 Å². The number of thioether (sulfide) groups is 1. The molecule has 0 N–H and O–H groups in total. The summed E-state index contributed by atoms with van der Waals surface area (Å²) in [5, 5.41) is 1.67. The number of cyclic esters (lactones) is 2. The Morgan fingerprint density at radius 3 is 1.64 bits per heavy atom. The van der Waals surface area contributed by atoms with Crippen LogP contribution in [-0.4, -0.2) is 46.6 Å². The molecule has 0 saturated carbocycles. The van der Waals surface area contributed by atoms with Gasteiger partial charge < -0.3 is 9.47 Å². The van der Waals surface area contributed by atoms with Crippen LogP contribution in [-0.2, 0) is 9.47 Å². The lowest BCUT2D eigenvalue weighted by molar-refractivity contribution is 0.0519. The Morgan fingerprint density at radius 1 is 0.720 bits per heavy atom. The molecule has 7 heteroatoms. The van der Waals surface area contributed by atoms with E-state index < -0.39 is 11.9 Å². The Hall–Kier alpha value is -2.67. The van der Waals surface area contributed by atoms with Gasteiger partial charge in [0.15, 0.2) is 0 Å². The Labute approximate surface area is 147 Å². The van der Waals surface area contributed by atoms with Gasteiger partial charge in [-0.1, -0.05) is 24.3 Å². The first kappa shape index (κ1) is 15.8. The van der Waals surface area contributed by atoms with Crippen LogP contribution in [0.15, 0.2) is 36.4 Å². The van der Waals surface area contributed by atoms with Crippen LogP contribution in [0.4, 0.5) is 0 Å². The molecule has 0 atom stereocenters. The highest BCUT2D eigenvalue weighted by Crippen LogP contribution is 2.23. The number of nitrogens with zero attached hydrogens (tertiary/aromatic N) is 2. The number of carbonyl (C=O) groups excluding carboxylic acids is 2. The fraction of sp³-hybridized carbons (Fsp3) is 0.222. The van der Waals surface area contributed by atoms with Crippen molar-refractivity contribution in [3.05, 3.63) is 47.8 Å². The topological polar surface area (TPSA) is 78.4 Å². The molecule has 6 nitrogen and oxygen atoms in total. The lowest BCUT2D eigenvalue weighted by atomic mass is 10.1. The smallest absolute Gasteiger partial charge is 0.356 e. The second-order valence-corrected chi connectivity index (χ2v) is 6.71.